The lowest BCUT2D eigenvalue weighted by Gasteiger charge is -2.06. The number of pyridine rings is 1. The van der Waals surface area contributed by atoms with Crippen molar-refractivity contribution >= 4 is 5.95 Å². The number of nitrogens with zero attached hydrogens (tertiary/aromatic N) is 7. The molecule has 3 aromatic rings. The maximum Gasteiger partial charge on any atom is 0.257 e. The average Bonchev–Trinajstić information content (AvgIpc) is 3.09. The highest BCUT2D eigenvalue weighted by molar-refractivity contribution is 5.56. The second-order valence-corrected chi connectivity index (χ2v) is 3.96. The van der Waals surface area contributed by atoms with Crippen molar-refractivity contribution in [2.45, 2.75) is 0 Å². The second kappa shape index (κ2) is 5.49. The normalized spacial score (nSPS) is 10.4. The third-order valence-electron chi connectivity index (χ3n) is 2.67. The fraction of sp³-hybridized carbons (Fsp3) is 0.167. The van der Waals surface area contributed by atoms with Gasteiger partial charge in [0.25, 0.3) is 5.95 Å². The fourth-order valence-corrected chi connectivity index (χ4v) is 1.65. The van der Waals surface area contributed by atoms with Crippen molar-refractivity contribution in [2.24, 2.45) is 0 Å². The highest BCUT2D eigenvalue weighted by Gasteiger charge is 2.10. The van der Waals surface area contributed by atoms with Gasteiger partial charge in [-0.3, -0.25) is 0 Å². The molecule has 9 nitrogen and oxygen atoms in total. The molecular weight excluding hydrogens is 272 g/mol. The summed E-state index contributed by atoms with van der Waals surface area (Å²) < 4.78 is 6.49. The number of hydrogen-bond acceptors (Lipinski definition) is 8. The molecule has 0 radical (unpaired) electrons. The zero-order valence-corrected chi connectivity index (χ0v) is 11.4. The van der Waals surface area contributed by atoms with E-state index in [1.807, 2.05) is 6.07 Å². The van der Waals surface area contributed by atoms with Gasteiger partial charge in [-0.05, 0) is 6.07 Å². The quantitative estimate of drug-likeness (QED) is 0.741. The van der Waals surface area contributed by atoms with Gasteiger partial charge in [-0.2, -0.15) is 24.7 Å². The van der Waals surface area contributed by atoms with Crippen LogP contribution in [-0.4, -0.2) is 48.9 Å². The van der Waals surface area contributed by atoms with E-state index in [2.05, 4.69) is 35.3 Å². The van der Waals surface area contributed by atoms with Crippen molar-refractivity contribution in [2.75, 3.05) is 19.5 Å². The van der Waals surface area contributed by atoms with E-state index < -0.39 is 0 Å². The number of nitrogens with one attached hydrogen (secondary N) is 1. The molecule has 3 aromatic heterocycles. The van der Waals surface area contributed by atoms with Crippen LogP contribution in [-0.2, 0) is 0 Å². The van der Waals surface area contributed by atoms with Gasteiger partial charge in [-0.25, -0.2) is 9.97 Å². The smallest absolute Gasteiger partial charge is 0.257 e. The maximum atomic E-state index is 5.03. The standard InChI is InChI=1S/C12H12N8O/c1-13-11-17-10(8-3-4-9(21-2)15-5-8)18-12(19-11)20-7-14-6-16-20/h3-7H,1-2H3,(H,13,17,18,19). The minimum absolute atomic E-state index is 0.373. The fourth-order valence-electron chi connectivity index (χ4n) is 1.65. The van der Waals surface area contributed by atoms with Crippen LogP contribution in [0.2, 0.25) is 0 Å². The van der Waals surface area contributed by atoms with E-state index in [4.69, 9.17) is 4.74 Å². The van der Waals surface area contributed by atoms with E-state index in [0.717, 1.165) is 5.56 Å². The van der Waals surface area contributed by atoms with Crippen LogP contribution in [0.1, 0.15) is 0 Å². The highest BCUT2D eigenvalue weighted by Crippen LogP contribution is 2.18. The summed E-state index contributed by atoms with van der Waals surface area (Å²) in [5, 5.41) is 6.91. The molecule has 0 aliphatic carbocycles. The summed E-state index contributed by atoms with van der Waals surface area (Å²) in [5.74, 6) is 1.81. The van der Waals surface area contributed by atoms with Gasteiger partial charge in [0.2, 0.25) is 11.8 Å². The molecular formula is C12H12N8O. The molecule has 0 aliphatic rings. The molecule has 0 fully saturated rings. The SMILES string of the molecule is CNc1nc(-c2ccc(OC)nc2)nc(-n2cncn2)n1. The Morgan fingerprint density at radius 2 is 2.10 bits per heavy atom. The Balaban J connectivity index is 2.06. The summed E-state index contributed by atoms with van der Waals surface area (Å²) in [5.41, 5.74) is 0.746. The maximum absolute atomic E-state index is 5.03. The molecule has 3 rings (SSSR count). The third kappa shape index (κ3) is 2.61. The molecule has 106 valence electrons. The van der Waals surface area contributed by atoms with Gasteiger partial charge < -0.3 is 10.1 Å². The van der Waals surface area contributed by atoms with Gasteiger partial charge in [0.05, 0.1) is 7.11 Å². The molecule has 1 N–H and O–H groups in total. The molecule has 0 spiro atoms. The number of hydrogen-bond donors (Lipinski definition) is 1. The van der Waals surface area contributed by atoms with Crippen molar-refractivity contribution < 1.29 is 4.74 Å². The molecule has 0 aliphatic heterocycles. The lowest BCUT2D eigenvalue weighted by molar-refractivity contribution is 0.398. The molecule has 0 bridgehead atoms. The van der Waals surface area contributed by atoms with Crippen LogP contribution < -0.4 is 10.1 Å². The summed E-state index contributed by atoms with van der Waals surface area (Å²) in [6.45, 7) is 0. The summed E-state index contributed by atoms with van der Waals surface area (Å²) in [6, 6.07) is 3.57. The zero-order valence-electron chi connectivity index (χ0n) is 11.4. The number of methoxy groups -OCH3 is 1. The summed E-state index contributed by atoms with van der Waals surface area (Å²) in [4.78, 5) is 20.9. The van der Waals surface area contributed by atoms with Gasteiger partial charge in [0, 0.05) is 24.9 Å². The topological polar surface area (TPSA) is 104 Å². The Kier molecular flexibility index (Phi) is 3.37. The molecule has 9 heteroatoms. The lowest BCUT2D eigenvalue weighted by Crippen LogP contribution is -2.08. The monoisotopic (exact) mass is 284 g/mol. The van der Waals surface area contributed by atoms with Crippen molar-refractivity contribution in [3.8, 4) is 23.2 Å². The van der Waals surface area contributed by atoms with Crippen LogP contribution in [0.3, 0.4) is 0 Å². The Morgan fingerprint density at radius 3 is 2.71 bits per heavy atom. The Bertz CT molecular complexity index is 726. The van der Waals surface area contributed by atoms with Crippen LogP contribution in [0.15, 0.2) is 31.0 Å². The first-order valence-electron chi connectivity index (χ1n) is 6.09. The third-order valence-corrected chi connectivity index (χ3v) is 2.67. The van der Waals surface area contributed by atoms with Gasteiger partial charge in [-0.15, -0.1) is 0 Å². The number of aromatic nitrogens is 7. The highest BCUT2D eigenvalue weighted by atomic mass is 16.5. The first-order chi connectivity index (χ1) is 10.3. The minimum Gasteiger partial charge on any atom is -0.481 e. The van der Waals surface area contributed by atoms with Crippen molar-refractivity contribution in [3.05, 3.63) is 31.0 Å². The summed E-state index contributed by atoms with van der Waals surface area (Å²) >= 11 is 0. The minimum atomic E-state index is 0.373. The summed E-state index contributed by atoms with van der Waals surface area (Å²) in [6.07, 6.45) is 4.57. The van der Waals surface area contributed by atoms with E-state index in [1.54, 1.807) is 26.4 Å². The molecule has 0 unspecified atom stereocenters. The van der Waals surface area contributed by atoms with Gasteiger partial charge in [0.15, 0.2) is 5.82 Å². The molecule has 0 atom stereocenters. The Morgan fingerprint density at radius 1 is 1.19 bits per heavy atom. The van der Waals surface area contributed by atoms with Gasteiger partial charge in [0.1, 0.15) is 12.7 Å². The first-order valence-corrected chi connectivity index (χ1v) is 6.09. The van der Waals surface area contributed by atoms with Gasteiger partial charge >= 0.3 is 0 Å². The number of ether oxygens (including phenoxy) is 1. The first kappa shape index (κ1) is 12.9. The Labute approximate surface area is 120 Å². The van der Waals surface area contributed by atoms with E-state index in [0.29, 0.717) is 23.6 Å². The predicted molar refractivity (Wildman–Crippen MR) is 74.1 cm³/mol. The van der Waals surface area contributed by atoms with Crippen molar-refractivity contribution in [1.29, 1.82) is 0 Å². The van der Waals surface area contributed by atoms with E-state index >= 15 is 0 Å². The molecule has 0 amide bonds. The van der Waals surface area contributed by atoms with Crippen LogP contribution in [0, 0.1) is 0 Å². The molecule has 21 heavy (non-hydrogen) atoms. The van der Waals surface area contributed by atoms with Crippen molar-refractivity contribution in [3.63, 3.8) is 0 Å². The van der Waals surface area contributed by atoms with E-state index in [9.17, 15) is 0 Å². The largest absolute Gasteiger partial charge is 0.481 e. The van der Waals surface area contributed by atoms with Crippen LogP contribution in [0.4, 0.5) is 5.95 Å². The van der Waals surface area contributed by atoms with Crippen LogP contribution in [0.25, 0.3) is 17.3 Å². The van der Waals surface area contributed by atoms with E-state index in [1.165, 1.54) is 17.3 Å². The van der Waals surface area contributed by atoms with E-state index in [-0.39, 0.29) is 0 Å². The molecule has 3 heterocycles. The predicted octanol–water partition coefficient (Wildman–Crippen LogP) is 0.565. The number of rotatable bonds is 4. The van der Waals surface area contributed by atoms with Crippen molar-refractivity contribution in [1.82, 2.24) is 34.7 Å². The zero-order chi connectivity index (χ0) is 14.7. The summed E-state index contributed by atoms with van der Waals surface area (Å²) in [7, 11) is 3.30. The Hall–Kier alpha value is -3.10. The lowest BCUT2D eigenvalue weighted by atomic mass is 10.3. The second-order valence-electron chi connectivity index (χ2n) is 3.96. The van der Waals surface area contributed by atoms with Crippen LogP contribution in [0.5, 0.6) is 5.88 Å². The molecule has 0 saturated heterocycles. The molecule has 0 aromatic carbocycles. The average molecular weight is 284 g/mol. The molecule has 0 saturated carbocycles. The van der Waals surface area contributed by atoms with Gasteiger partial charge in [-0.1, -0.05) is 0 Å². The van der Waals surface area contributed by atoms with Crippen LogP contribution >= 0.6 is 0 Å². The number of anilines is 1.